The van der Waals surface area contributed by atoms with Crippen molar-refractivity contribution in [1.82, 2.24) is 0 Å². The summed E-state index contributed by atoms with van der Waals surface area (Å²) >= 11 is 0. The molecular formula is C17H32. The molecule has 0 bridgehead atoms. The summed E-state index contributed by atoms with van der Waals surface area (Å²) in [7, 11) is 0. The van der Waals surface area contributed by atoms with E-state index in [2.05, 4.69) is 46.8 Å². The predicted octanol–water partition coefficient (Wildman–Crippen LogP) is 5.83. The van der Waals surface area contributed by atoms with E-state index < -0.39 is 0 Å². The second-order valence-corrected chi connectivity index (χ2v) is 6.88. The largest absolute Gasteiger partial charge is 0.0885 e. The van der Waals surface area contributed by atoms with Crippen LogP contribution in [0, 0.1) is 23.2 Å². The summed E-state index contributed by atoms with van der Waals surface area (Å²) in [5.41, 5.74) is 0.617. The molecule has 0 nitrogen and oxygen atoms in total. The first-order valence-electron chi connectivity index (χ1n) is 7.64. The quantitative estimate of drug-likeness (QED) is 0.509. The Labute approximate surface area is 109 Å². The molecule has 0 aromatic rings. The third-order valence-corrected chi connectivity index (χ3v) is 4.77. The maximum atomic E-state index is 2.47. The van der Waals surface area contributed by atoms with Gasteiger partial charge in [0.05, 0.1) is 0 Å². The molecule has 0 radical (unpaired) electrons. The molecule has 0 fully saturated rings. The molecule has 0 heteroatoms. The van der Waals surface area contributed by atoms with Crippen LogP contribution in [0.1, 0.15) is 73.1 Å². The monoisotopic (exact) mass is 236 g/mol. The van der Waals surface area contributed by atoms with Gasteiger partial charge >= 0.3 is 0 Å². The van der Waals surface area contributed by atoms with Crippen molar-refractivity contribution in [3.05, 3.63) is 12.2 Å². The van der Waals surface area contributed by atoms with Crippen molar-refractivity contribution >= 4 is 0 Å². The van der Waals surface area contributed by atoms with Crippen molar-refractivity contribution in [3.63, 3.8) is 0 Å². The fraction of sp³-hybridized carbons (Fsp3) is 0.882. The average Bonchev–Trinajstić information content (AvgIpc) is 2.27. The van der Waals surface area contributed by atoms with Crippen molar-refractivity contribution < 1.29 is 0 Å². The normalized spacial score (nSPS) is 28.4. The third kappa shape index (κ3) is 4.48. The third-order valence-electron chi connectivity index (χ3n) is 4.77. The van der Waals surface area contributed by atoms with E-state index in [0.717, 1.165) is 17.8 Å². The minimum absolute atomic E-state index is 0.617. The maximum Gasteiger partial charge on any atom is -0.0255 e. The van der Waals surface area contributed by atoms with Gasteiger partial charge in [-0.3, -0.25) is 0 Å². The van der Waals surface area contributed by atoms with Crippen LogP contribution in [0.15, 0.2) is 12.2 Å². The van der Waals surface area contributed by atoms with Crippen LogP contribution in [0.25, 0.3) is 0 Å². The molecular weight excluding hydrogens is 204 g/mol. The van der Waals surface area contributed by atoms with E-state index in [1.807, 2.05) is 0 Å². The van der Waals surface area contributed by atoms with Crippen LogP contribution in [0.2, 0.25) is 0 Å². The fourth-order valence-electron chi connectivity index (χ4n) is 3.55. The minimum Gasteiger partial charge on any atom is -0.0885 e. The summed E-state index contributed by atoms with van der Waals surface area (Å²) in [4.78, 5) is 0. The topological polar surface area (TPSA) is 0 Å². The first kappa shape index (κ1) is 14.8. The zero-order valence-electron chi connectivity index (χ0n) is 12.6. The van der Waals surface area contributed by atoms with Gasteiger partial charge < -0.3 is 0 Å². The standard InChI is InChI=1S/C17H32/c1-6-15(4)16(5)13-17(12-14(2)3)10-8-7-9-11-17/h7-8,14-16H,6,9-13H2,1-5H3. The lowest BCUT2D eigenvalue weighted by Gasteiger charge is -2.40. The van der Waals surface area contributed by atoms with Crippen LogP contribution in [-0.2, 0) is 0 Å². The van der Waals surface area contributed by atoms with Gasteiger partial charge in [0.25, 0.3) is 0 Å². The maximum absolute atomic E-state index is 2.47. The first-order valence-corrected chi connectivity index (χ1v) is 7.64. The van der Waals surface area contributed by atoms with Crippen LogP contribution in [0.3, 0.4) is 0 Å². The molecule has 0 N–H and O–H groups in total. The highest BCUT2D eigenvalue weighted by Crippen LogP contribution is 2.45. The Hall–Kier alpha value is -0.260. The molecule has 3 unspecified atom stereocenters. The van der Waals surface area contributed by atoms with Gasteiger partial charge in [0.15, 0.2) is 0 Å². The first-order chi connectivity index (χ1) is 7.99. The zero-order chi connectivity index (χ0) is 12.9. The van der Waals surface area contributed by atoms with Crippen LogP contribution >= 0.6 is 0 Å². The van der Waals surface area contributed by atoms with Crippen LogP contribution in [0.5, 0.6) is 0 Å². The number of hydrogen-bond acceptors (Lipinski definition) is 0. The lowest BCUT2D eigenvalue weighted by molar-refractivity contribution is 0.136. The van der Waals surface area contributed by atoms with Crippen molar-refractivity contribution in [2.75, 3.05) is 0 Å². The molecule has 3 atom stereocenters. The molecule has 0 amide bonds. The van der Waals surface area contributed by atoms with Crippen molar-refractivity contribution in [3.8, 4) is 0 Å². The molecule has 100 valence electrons. The van der Waals surface area contributed by atoms with Crippen LogP contribution in [-0.4, -0.2) is 0 Å². The van der Waals surface area contributed by atoms with Gasteiger partial charge in [-0.1, -0.05) is 53.2 Å². The van der Waals surface area contributed by atoms with Gasteiger partial charge in [0.2, 0.25) is 0 Å². The molecule has 0 saturated heterocycles. The molecule has 0 heterocycles. The van der Waals surface area contributed by atoms with E-state index >= 15 is 0 Å². The Balaban J connectivity index is 2.66. The Morgan fingerprint density at radius 2 is 1.71 bits per heavy atom. The van der Waals surface area contributed by atoms with Crippen LogP contribution in [0.4, 0.5) is 0 Å². The Bertz CT molecular complexity index is 238. The SMILES string of the molecule is CCC(C)C(C)CC1(CC(C)C)CC=CCC1. The molecule has 1 rings (SSSR count). The van der Waals surface area contributed by atoms with Gasteiger partial charge in [-0.25, -0.2) is 0 Å². The molecule has 1 aliphatic rings. The Morgan fingerprint density at radius 3 is 2.18 bits per heavy atom. The number of rotatable bonds is 6. The average molecular weight is 236 g/mol. The Morgan fingerprint density at radius 1 is 1.00 bits per heavy atom. The number of allylic oxidation sites excluding steroid dienone is 2. The zero-order valence-corrected chi connectivity index (χ0v) is 12.6. The summed E-state index contributed by atoms with van der Waals surface area (Å²) in [5.74, 6) is 2.60. The highest BCUT2D eigenvalue weighted by molar-refractivity contribution is 4.98. The van der Waals surface area contributed by atoms with Crippen molar-refractivity contribution in [2.45, 2.75) is 73.1 Å². The van der Waals surface area contributed by atoms with Gasteiger partial charge in [-0.2, -0.15) is 0 Å². The van der Waals surface area contributed by atoms with Gasteiger partial charge in [0, 0.05) is 0 Å². The lowest BCUT2D eigenvalue weighted by atomic mass is 9.65. The molecule has 0 aromatic heterocycles. The smallest absolute Gasteiger partial charge is 0.0255 e. The molecule has 1 aliphatic carbocycles. The summed E-state index contributed by atoms with van der Waals surface area (Å²) in [6.45, 7) is 12.0. The van der Waals surface area contributed by atoms with E-state index in [0.29, 0.717) is 5.41 Å². The lowest BCUT2D eigenvalue weighted by Crippen LogP contribution is -2.28. The van der Waals surface area contributed by atoms with E-state index in [1.165, 1.54) is 38.5 Å². The van der Waals surface area contributed by atoms with Gasteiger partial charge in [0.1, 0.15) is 0 Å². The summed E-state index contributed by atoms with van der Waals surface area (Å²) < 4.78 is 0. The van der Waals surface area contributed by atoms with E-state index in [9.17, 15) is 0 Å². The van der Waals surface area contributed by atoms with E-state index in [4.69, 9.17) is 0 Å². The molecule has 0 spiro atoms. The van der Waals surface area contributed by atoms with E-state index in [-0.39, 0.29) is 0 Å². The Kier molecular flexibility index (Phi) is 5.76. The van der Waals surface area contributed by atoms with E-state index in [1.54, 1.807) is 0 Å². The molecule has 0 aliphatic heterocycles. The second kappa shape index (κ2) is 6.61. The highest BCUT2D eigenvalue weighted by Gasteiger charge is 2.33. The summed E-state index contributed by atoms with van der Waals surface area (Å²) in [6, 6.07) is 0. The molecule has 17 heavy (non-hydrogen) atoms. The summed E-state index contributed by atoms with van der Waals surface area (Å²) in [5, 5.41) is 0. The fourth-order valence-corrected chi connectivity index (χ4v) is 3.55. The second-order valence-electron chi connectivity index (χ2n) is 6.88. The summed E-state index contributed by atoms with van der Waals surface area (Å²) in [6.07, 6.45) is 13.0. The van der Waals surface area contributed by atoms with Crippen LogP contribution < -0.4 is 0 Å². The van der Waals surface area contributed by atoms with Gasteiger partial charge in [-0.05, 0) is 55.3 Å². The van der Waals surface area contributed by atoms with Crippen molar-refractivity contribution in [1.29, 1.82) is 0 Å². The molecule has 0 aromatic carbocycles. The molecule has 0 saturated carbocycles. The predicted molar refractivity (Wildman–Crippen MR) is 78.1 cm³/mol. The minimum atomic E-state index is 0.617. The van der Waals surface area contributed by atoms with Gasteiger partial charge in [-0.15, -0.1) is 0 Å². The van der Waals surface area contributed by atoms with Crippen molar-refractivity contribution in [2.24, 2.45) is 23.2 Å². The highest BCUT2D eigenvalue weighted by atomic mass is 14.4. The number of hydrogen-bond donors (Lipinski definition) is 0.